The highest BCUT2D eigenvalue weighted by molar-refractivity contribution is 6.30. The summed E-state index contributed by atoms with van der Waals surface area (Å²) >= 11 is 5.79. The number of carbonyl (C=O) groups excluding carboxylic acids is 2. The molecule has 0 bridgehead atoms. The van der Waals surface area contributed by atoms with E-state index in [-0.39, 0.29) is 35.7 Å². The van der Waals surface area contributed by atoms with Crippen molar-refractivity contribution in [3.05, 3.63) is 57.9 Å². The lowest BCUT2D eigenvalue weighted by Gasteiger charge is -2.09. The molecular formula is C16H16ClN2O4+. The maximum absolute atomic E-state index is 12.3. The van der Waals surface area contributed by atoms with Crippen LogP contribution in [0.25, 0.3) is 0 Å². The normalized spacial score (nSPS) is 10.6. The smallest absolute Gasteiger partial charge is 0.227 e. The molecule has 0 radical (unpaired) electrons. The van der Waals surface area contributed by atoms with Gasteiger partial charge in [-0.25, -0.2) is 5.48 Å². The minimum Gasteiger partial charge on any atom is -0.502 e. The van der Waals surface area contributed by atoms with Crippen molar-refractivity contribution in [2.75, 3.05) is 0 Å². The fourth-order valence-corrected chi connectivity index (χ4v) is 2.37. The molecule has 7 heteroatoms. The summed E-state index contributed by atoms with van der Waals surface area (Å²) in [7, 11) is 0. The zero-order valence-corrected chi connectivity index (χ0v) is 13.2. The van der Waals surface area contributed by atoms with Gasteiger partial charge in [0, 0.05) is 23.1 Å². The Labute approximate surface area is 137 Å². The van der Waals surface area contributed by atoms with E-state index in [1.807, 2.05) is 5.48 Å². The lowest BCUT2D eigenvalue weighted by Crippen LogP contribution is -2.41. The molecule has 0 saturated heterocycles. The summed E-state index contributed by atoms with van der Waals surface area (Å²) in [6, 6.07) is 6.48. The van der Waals surface area contributed by atoms with Crippen molar-refractivity contribution in [3.8, 4) is 5.75 Å². The van der Waals surface area contributed by atoms with Crippen LogP contribution < -0.4 is 10.0 Å². The van der Waals surface area contributed by atoms with Gasteiger partial charge in [-0.2, -0.15) is 4.57 Å². The van der Waals surface area contributed by atoms with Crippen LogP contribution in [0, 0.1) is 6.92 Å². The molecule has 23 heavy (non-hydrogen) atoms. The number of aromatic nitrogens is 1. The number of aromatic hydroxyl groups is 1. The van der Waals surface area contributed by atoms with E-state index in [2.05, 4.69) is 0 Å². The van der Waals surface area contributed by atoms with E-state index in [9.17, 15) is 14.7 Å². The van der Waals surface area contributed by atoms with Gasteiger partial charge in [-0.15, -0.1) is 0 Å². The monoisotopic (exact) mass is 335 g/mol. The lowest BCUT2D eigenvalue weighted by atomic mass is 10.1. The molecule has 6 nitrogen and oxygen atoms in total. The largest absolute Gasteiger partial charge is 0.502 e. The van der Waals surface area contributed by atoms with Crippen molar-refractivity contribution in [2.45, 2.75) is 20.0 Å². The van der Waals surface area contributed by atoms with E-state index in [0.717, 1.165) is 0 Å². The molecule has 0 aliphatic carbocycles. The maximum Gasteiger partial charge on any atom is 0.227 e. The summed E-state index contributed by atoms with van der Waals surface area (Å²) in [5.41, 5.74) is 3.28. The van der Waals surface area contributed by atoms with Gasteiger partial charge in [-0.1, -0.05) is 11.6 Å². The molecule has 2 aromatic rings. The molecule has 0 fully saturated rings. The molecule has 0 amide bonds. The van der Waals surface area contributed by atoms with Crippen LogP contribution in [0.4, 0.5) is 0 Å². The number of rotatable bonds is 6. The minimum absolute atomic E-state index is 0.0330. The number of hydrogen-bond donors (Lipinski definition) is 3. The van der Waals surface area contributed by atoms with Gasteiger partial charge in [-0.3, -0.25) is 9.59 Å². The number of ketones is 1. The molecular weight excluding hydrogens is 320 g/mol. The summed E-state index contributed by atoms with van der Waals surface area (Å²) in [5.74, 6) is -0.320. The fraction of sp³-hybridized carbons (Fsp3) is 0.188. The quantitative estimate of drug-likeness (QED) is 0.324. The Morgan fingerprint density at radius 2 is 2.00 bits per heavy atom. The van der Waals surface area contributed by atoms with Gasteiger partial charge in [0.25, 0.3) is 0 Å². The average molecular weight is 336 g/mol. The van der Waals surface area contributed by atoms with Gasteiger partial charge in [-0.05, 0) is 24.3 Å². The average Bonchev–Trinajstić information content (AvgIpc) is 2.55. The van der Waals surface area contributed by atoms with Crippen molar-refractivity contribution in [1.29, 1.82) is 0 Å². The zero-order valence-electron chi connectivity index (χ0n) is 12.4. The van der Waals surface area contributed by atoms with Gasteiger partial charge < -0.3 is 10.3 Å². The van der Waals surface area contributed by atoms with Crippen LogP contribution >= 0.6 is 11.6 Å². The maximum atomic E-state index is 12.3. The van der Waals surface area contributed by atoms with E-state index in [0.29, 0.717) is 22.6 Å². The van der Waals surface area contributed by atoms with Crippen LogP contribution in [-0.4, -0.2) is 22.4 Å². The van der Waals surface area contributed by atoms with E-state index < -0.39 is 0 Å². The highest BCUT2D eigenvalue weighted by Crippen LogP contribution is 2.22. The zero-order chi connectivity index (χ0) is 17.0. The number of Topliss-reactive ketones (excluding diaryl/α,β-unsaturated/α-hetero) is 1. The fourth-order valence-electron chi connectivity index (χ4n) is 2.25. The Hall–Kier alpha value is -2.28. The summed E-state index contributed by atoms with van der Waals surface area (Å²) in [4.78, 5) is 23.5. The van der Waals surface area contributed by atoms with Gasteiger partial charge in [0.05, 0.1) is 12.1 Å². The number of aldehydes is 1. The van der Waals surface area contributed by atoms with Crippen LogP contribution in [0.3, 0.4) is 0 Å². The topological polar surface area (TPSA) is 90.5 Å². The van der Waals surface area contributed by atoms with Crippen LogP contribution in [0.1, 0.15) is 32.0 Å². The lowest BCUT2D eigenvalue weighted by molar-refractivity contribution is -0.689. The third kappa shape index (κ3) is 3.73. The predicted octanol–water partition coefficient (Wildman–Crippen LogP) is 1.82. The molecule has 120 valence electrons. The van der Waals surface area contributed by atoms with Crippen molar-refractivity contribution in [3.63, 3.8) is 0 Å². The number of pyridine rings is 1. The van der Waals surface area contributed by atoms with Crippen molar-refractivity contribution >= 4 is 23.7 Å². The Morgan fingerprint density at radius 1 is 1.35 bits per heavy atom. The van der Waals surface area contributed by atoms with Crippen molar-refractivity contribution in [2.24, 2.45) is 0 Å². The summed E-state index contributed by atoms with van der Waals surface area (Å²) < 4.78 is 1.50. The van der Waals surface area contributed by atoms with Crippen molar-refractivity contribution < 1.29 is 24.5 Å². The van der Waals surface area contributed by atoms with Gasteiger partial charge >= 0.3 is 0 Å². The molecule has 0 saturated carbocycles. The number of carbonyl (C=O) groups is 2. The van der Waals surface area contributed by atoms with Crippen molar-refractivity contribution in [1.82, 2.24) is 5.48 Å². The second-order valence-electron chi connectivity index (χ2n) is 5.01. The van der Waals surface area contributed by atoms with Crippen LogP contribution in [-0.2, 0) is 13.1 Å². The SMILES string of the molecule is Cc1c(O)c(CNO)c(C=O)c[n+]1CC(=O)c1ccc(Cl)cc1. The summed E-state index contributed by atoms with van der Waals surface area (Å²) in [6.45, 7) is 1.52. The molecule has 2 rings (SSSR count). The molecule has 1 heterocycles. The first kappa shape index (κ1) is 17.1. The first-order chi connectivity index (χ1) is 11.0. The molecule has 0 aliphatic heterocycles. The van der Waals surface area contributed by atoms with Gasteiger partial charge in [0.1, 0.15) is 0 Å². The first-order valence-corrected chi connectivity index (χ1v) is 7.21. The van der Waals surface area contributed by atoms with E-state index in [4.69, 9.17) is 16.8 Å². The van der Waals surface area contributed by atoms with E-state index in [1.54, 1.807) is 31.2 Å². The minimum atomic E-state index is -0.181. The first-order valence-electron chi connectivity index (χ1n) is 6.83. The Kier molecular flexibility index (Phi) is 5.44. The van der Waals surface area contributed by atoms with Crippen LogP contribution in [0.15, 0.2) is 30.5 Å². The molecule has 0 atom stereocenters. The number of halogens is 1. The summed E-state index contributed by atoms with van der Waals surface area (Å²) in [5, 5.41) is 19.5. The van der Waals surface area contributed by atoms with E-state index in [1.165, 1.54) is 10.8 Å². The van der Waals surface area contributed by atoms with Crippen LogP contribution in [0.5, 0.6) is 5.75 Å². The second-order valence-corrected chi connectivity index (χ2v) is 5.44. The molecule has 1 aromatic carbocycles. The Bertz CT molecular complexity index is 745. The predicted molar refractivity (Wildman–Crippen MR) is 82.8 cm³/mol. The number of nitrogens with zero attached hydrogens (tertiary/aromatic N) is 1. The Morgan fingerprint density at radius 3 is 2.57 bits per heavy atom. The summed E-state index contributed by atoms with van der Waals surface area (Å²) in [6.07, 6.45) is 2.04. The molecule has 3 N–H and O–H groups in total. The number of benzene rings is 1. The third-order valence-electron chi connectivity index (χ3n) is 3.57. The number of hydrogen-bond acceptors (Lipinski definition) is 5. The van der Waals surface area contributed by atoms with E-state index >= 15 is 0 Å². The second kappa shape index (κ2) is 7.32. The molecule has 0 spiro atoms. The Balaban J connectivity index is 2.36. The van der Waals surface area contributed by atoms with Crippen LogP contribution in [0.2, 0.25) is 5.02 Å². The molecule has 1 aromatic heterocycles. The standard InChI is InChI=1S/C16H15ClN2O4/c1-10-16(22)14(6-18-23)12(9-20)7-19(10)8-15(21)11-2-4-13(17)5-3-11/h2-5,7,9,18,23H,6,8H2,1H3/p+1. The highest BCUT2D eigenvalue weighted by atomic mass is 35.5. The number of hydroxylamine groups is 1. The van der Waals surface area contributed by atoms with Gasteiger partial charge in [0.15, 0.2) is 18.2 Å². The van der Waals surface area contributed by atoms with Gasteiger partial charge in [0.2, 0.25) is 18.0 Å². The highest BCUT2D eigenvalue weighted by Gasteiger charge is 2.23. The third-order valence-corrected chi connectivity index (χ3v) is 3.82. The number of nitrogens with one attached hydrogen (secondary N) is 1. The molecule has 0 aliphatic rings. The molecule has 0 unspecified atom stereocenters.